The standard InChI is InChI=1S/C13H16N4O3/c1-3-15-7-8-16(13(15)18)9-10-5-4-6-11(17(19)20)12(10)14-2/h4-8,14H,3,9H2,1-2H3. The SMILES string of the molecule is CCn1ccn(Cc2cccc([N+](=O)[O-])c2NC)c1=O. The average molecular weight is 276 g/mol. The van der Waals surface area contributed by atoms with Gasteiger partial charge in [0, 0.05) is 37.6 Å². The monoisotopic (exact) mass is 276 g/mol. The number of hydrogen-bond donors (Lipinski definition) is 1. The molecule has 7 nitrogen and oxygen atoms in total. The van der Waals surface area contributed by atoms with Crippen molar-refractivity contribution >= 4 is 11.4 Å². The van der Waals surface area contributed by atoms with Gasteiger partial charge in [0.05, 0.1) is 11.5 Å². The van der Waals surface area contributed by atoms with Crippen molar-refractivity contribution in [2.45, 2.75) is 20.0 Å². The number of nitro groups is 1. The van der Waals surface area contributed by atoms with Crippen molar-refractivity contribution in [2.24, 2.45) is 0 Å². The van der Waals surface area contributed by atoms with Gasteiger partial charge in [0.1, 0.15) is 5.69 Å². The molecule has 2 rings (SSSR count). The Morgan fingerprint density at radius 2 is 2.00 bits per heavy atom. The summed E-state index contributed by atoms with van der Waals surface area (Å²) in [6.07, 6.45) is 3.39. The third kappa shape index (κ3) is 2.42. The molecular formula is C13H16N4O3. The molecule has 0 radical (unpaired) electrons. The van der Waals surface area contributed by atoms with Gasteiger partial charge in [-0.1, -0.05) is 12.1 Å². The smallest absolute Gasteiger partial charge is 0.328 e. The summed E-state index contributed by atoms with van der Waals surface area (Å²) in [5.41, 5.74) is 1.03. The zero-order chi connectivity index (χ0) is 14.7. The van der Waals surface area contributed by atoms with Crippen LogP contribution in [0.5, 0.6) is 0 Å². The second kappa shape index (κ2) is 5.60. The fourth-order valence-electron chi connectivity index (χ4n) is 2.16. The summed E-state index contributed by atoms with van der Waals surface area (Å²) in [7, 11) is 1.63. The van der Waals surface area contributed by atoms with Crippen molar-refractivity contribution in [1.29, 1.82) is 0 Å². The van der Waals surface area contributed by atoms with E-state index in [1.54, 1.807) is 36.1 Å². The lowest BCUT2D eigenvalue weighted by Crippen LogP contribution is -2.24. The number of aryl methyl sites for hydroxylation is 1. The number of anilines is 1. The second-order valence-electron chi connectivity index (χ2n) is 4.31. The lowest BCUT2D eigenvalue weighted by atomic mass is 10.1. The maximum Gasteiger partial charge on any atom is 0.328 e. The molecule has 0 bridgehead atoms. The Bertz CT molecular complexity index is 687. The summed E-state index contributed by atoms with van der Waals surface area (Å²) in [4.78, 5) is 22.6. The second-order valence-corrected chi connectivity index (χ2v) is 4.31. The number of benzene rings is 1. The first-order valence-electron chi connectivity index (χ1n) is 6.28. The molecule has 20 heavy (non-hydrogen) atoms. The van der Waals surface area contributed by atoms with Crippen LogP contribution in [0.1, 0.15) is 12.5 Å². The molecule has 1 aromatic heterocycles. The van der Waals surface area contributed by atoms with Gasteiger partial charge in [-0.15, -0.1) is 0 Å². The highest BCUT2D eigenvalue weighted by Crippen LogP contribution is 2.28. The summed E-state index contributed by atoms with van der Waals surface area (Å²) in [6, 6.07) is 4.83. The average Bonchev–Trinajstić information content (AvgIpc) is 2.79. The number of hydrogen-bond acceptors (Lipinski definition) is 4. The zero-order valence-corrected chi connectivity index (χ0v) is 11.4. The molecule has 2 aromatic rings. The fourth-order valence-corrected chi connectivity index (χ4v) is 2.16. The Morgan fingerprint density at radius 1 is 1.30 bits per heavy atom. The molecule has 1 N–H and O–H groups in total. The third-order valence-electron chi connectivity index (χ3n) is 3.17. The van der Waals surface area contributed by atoms with E-state index in [0.29, 0.717) is 24.3 Å². The van der Waals surface area contributed by atoms with E-state index in [9.17, 15) is 14.9 Å². The van der Waals surface area contributed by atoms with E-state index in [2.05, 4.69) is 5.32 Å². The Balaban J connectivity index is 2.43. The van der Waals surface area contributed by atoms with Crippen LogP contribution in [-0.2, 0) is 13.1 Å². The van der Waals surface area contributed by atoms with Gasteiger partial charge in [0.2, 0.25) is 0 Å². The largest absolute Gasteiger partial charge is 0.382 e. The molecule has 0 aliphatic rings. The highest BCUT2D eigenvalue weighted by atomic mass is 16.6. The number of aromatic nitrogens is 2. The molecule has 1 heterocycles. The Hall–Kier alpha value is -2.57. The molecule has 0 amide bonds. The van der Waals surface area contributed by atoms with E-state index in [-0.39, 0.29) is 11.4 Å². The summed E-state index contributed by atoms with van der Waals surface area (Å²) in [5, 5.41) is 13.8. The van der Waals surface area contributed by atoms with Crippen molar-refractivity contribution in [2.75, 3.05) is 12.4 Å². The first-order chi connectivity index (χ1) is 9.58. The van der Waals surface area contributed by atoms with Gasteiger partial charge < -0.3 is 5.32 Å². The molecule has 0 aliphatic carbocycles. The molecule has 0 unspecified atom stereocenters. The van der Waals surface area contributed by atoms with Crippen molar-refractivity contribution in [3.63, 3.8) is 0 Å². The molecule has 1 aromatic carbocycles. The maximum atomic E-state index is 12.0. The van der Waals surface area contributed by atoms with Crippen LogP contribution in [0.3, 0.4) is 0 Å². The zero-order valence-electron chi connectivity index (χ0n) is 11.4. The minimum absolute atomic E-state index is 0.00738. The van der Waals surface area contributed by atoms with Crippen LogP contribution in [-0.4, -0.2) is 21.1 Å². The highest BCUT2D eigenvalue weighted by Gasteiger charge is 2.16. The predicted octanol–water partition coefficient (Wildman–Crippen LogP) is 1.67. The number of nitrogens with zero attached hydrogens (tertiary/aromatic N) is 3. The molecule has 7 heteroatoms. The quantitative estimate of drug-likeness (QED) is 0.665. The molecule has 0 aliphatic heterocycles. The van der Waals surface area contributed by atoms with E-state index < -0.39 is 4.92 Å². The van der Waals surface area contributed by atoms with Gasteiger partial charge in [-0.05, 0) is 6.92 Å². The van der Waals surface area contributed by atoms with E-state index in [0.717, 1.165) is 0 Å². The summed E-state index contributed by atoms with van der Waals surface area (Å²) >= 11 is 0. The van der Waals surface area contributed by atoms with Gasteiger partial charge in [-0.25, -0.2) is 4.79 Å². The van der Waals surface area contributed by atoms with Crippen LogP contribution >= 0.6 is 0 Å². The minimum Gasteiger partial charge on any atom is -0.382 e. The topological polar surface area (TPSA) is 82.1 Å². The number of para-hydroxylation sites is 1. The van der Waals surface area contributed by atoms with Crippen LogP contribution in [0.25, 0.3) is 0 Å². The molecule has 0 saturated carbocycles. The molecular weight excluding hydrogens is 260 g/mol. The van der Waals surface area contributed by atoms with Gasteiger partial charge >= 0.3 is 5.69 Å². The van der Waals surface area contributed by atoms with Crippen LogP contribution in [0, 0.1) is 10.1 Å². The molecule has 0 fully saturated rings. The number of nitro benzene ring substituents is 1. The van der Waals surface area contributed by atoms with E-state index >= 15 is 0 Å². The van der Waals surface area contributed by atoms with Gasteiger partial charge in [-0.2, -0.15) is 0 Å². The number of imidazole rings is 1. The van der Waals surface area contributed by atoms with Crippen LogP contribution < -0.4 is 11.0 Å². The minimum atomic E-state index is -0.435. The van der Waals surface area contributed by atoms with Crippen LogP contribution in [0.2, 0.25) is 0 Å². The molecule has 106 valence electrons. The van der Waals surface area contributed by atoms with E-state index in [4.69, 9.17) is 0 Å². The van der Waals surface area contributed by atoms with E-state index in [1.807, 2.05) is 6.92 Å². The summed E-state index contributed by atoms with van der Waals surface area (Å²) in [6.45, 7) is 2.78. The lowest BCUT2D eigenvalue weighted by molar-refractivity contribution is -0.384. The van der Waals surface area contributed by atoms with Gasteiger partial charge in [0.25, 0.3) is 5.69 Å². The molecule has 0 atom stereocenters. The first kappa shape index (κ1) is 13.9. The Kier molecular flexibility index (Phi) is 3.88. The van der Waals surface area contributed by atoms with Gasteiger partial charge in [0.15, 0.2) is 0 Å². The molecule has 0 saturated heterocycles. The summed E-state index contributed by atoms with van der Waals surface area (Å²) in [5.74, 6) is 0. The van der Waals surface area contributed by atoms with Crippen LogP contribution in [0.15, 0.2) is 35.4 Å². The lowest BCUT2D eigenvalue weighted by Gasteiger charge is -2.09. The van der Waals surface area contributed by atoms with Crippen molar-refractivity contribution < 1.29 is 4.92 Å². The van der Waals surface area contributed by atoms with E-state index in [1.165, 1.54) is 10.6 Å². The third-order valence-corrected chi connectivity index (χ3v) is 3.17. The van der Waals surface area contributed by atoms with Crippen molar-refractivity contribution in [3.05, 3.63) is 56.8 Å². The maximum absolute atomic E-state index is 12.0. The number of nitrogens with one attached hydrogen (secondary N) is 1. The van der Waals surface area contributed by atoms with Crippen molar-refractivity contribution in [3.8, 4) is 0 Å². The Morgan fingerprint density at radius 3 is 2.55 bits per heavy atom. The highest BCUT2D eigenvalue weighted by molar-refractivity contribution is 5.66. The van der Waals surface area contributed by atoms with Crippen molar-refractivity contribution in [1.82, 2.24) is 9.13 Å². The molecule has 0 spiro atoms. The summed E-state index contributed by atoms with van der Waals surface area (Å²) < 4.78 is 3.11. The van der Waals surface area contributed by atoms with Crippen LogP contribution in [0.4, 0.5) is 11.4 Å². The number of rotatable bonds is 5. The fraction of sp³-hybridized carbons (Fsp3) is 0.308. The first-order valence-corrected chi connectivity index (χ1v) is 6.28. The Labute approximate surface area is 115 Å². The predicted molar refractivity (Wildman–Crippen MR) is 76.1 cm³/mol. The normalized spacial score (nSPS) is 10.5. The van der Waals surface area contributed by atoms with Gasteiger partial charge in [-0.3, -0.25) is 19.2 Å².